The Kier molecular flexibility index (Phi) is 5.07. The number of primary amides is 1. The third-order valence-corrected chi connectivity index (χ3v) is 8.26. The van der Waals surface area contributed by atoms with Gasteiger partial charge < -0.3 is 15.2 Å². The molecular weight excluding hydrogens is 466 g/mol. The van der Waals surface area contributed by atoms with Crippen LogP contribution >= 0.6 is 11.6 Å². The molecule has 4 heterocycles. The third-order valence-electron chi connectivity index (χ3n) is 5.96. The Morgan fingerprint density at radius 1 is 1.15 bits per heavy atom. The lowest BCUT2D eigenvalue weighted by atomic mass is 10.2. The number of sulfonamides is 1. The van der Waals surface area contributed by atoms with E-state index in [1.54, 1.807) is 11.6 Å². The van der Waals surface area contributed by atoms with E-state index in [-0.39, 0.29) is 23.7 Å². The standard InChI is InChI=1S/C21H22ClN7O3S/c1-13-18(22)21-24-20(15-5-3-4-6-16(15)29(21)25-13)27-7-9-28(10-8-27)33(31,32)14-11-17(19(23)30)26(2)12-14/h3-6,11-12H,7-10H2,1-2H3,(H2,23,30). The number of aryl methyl sites for hydroxylation is 2. The van der Waals surface area contributed by atoms with Gasteiger partial charge in [-0.05, 0) is 25.1 Å². The summed E-state index contributed by atoms with van der Waals surface area (Å²) < 4.78 is 30.9. The molecule has 33 heavy (non-hydrogen) atoms. The number of rotatable bonds is 4. The molecule has 0 unspecified atom stereocenters. The van der Waals surface area contributed by atoms with Crippen molar-refractivity contribution >= 4 is 49.9 Å². The number of aromatic nitrogens is 4. The van der Waals surface area contributed by atoms with Crippen molar-refractivity contribution in [3.05, 3.63) is 52.9 Å². The van der Waals surface area contributed by atoms with Crippen molar-refractivity contribution in [2.75, 3.05) is 31.1 Å². The topological polar surface area (TPSA) is 119 Å². The molecule has 0 radical (unpaired) electrons. The lowest BCUT2D eigenvalue weighted by molar-refractivity contribution is 0.0992. The van der Waals surface area contributed by atoms with E-state index in [0.29, 0.717) is 29.5 Å². The number of para-hydroxylation sites is 1. The van der Waals surface area contributed by atoms with Gasteiger partial charge in [0.25, 0.3) is 5.91 Å². The first kappa shape index (κ1) is 21.7. The Morgan fingerprint density at radius 2 is 1.85 bits per heavy atom. The minimum Gasteiger partial charge on any atom is -0.364 e. The average molecular weight is 488 g/mol. The monoisotopic (exact) mass is 487 g/mol. The van der Waals surface area contributed by atoms with Crippen molar-refractivity contribution in [1.82, 2.24) is 23.5 Å². The highest BCUT2D eigenvalue weighted by Crippen LogP contribution is 2.31. The Labute approximate surface area is 195 Å². The number of nitrogens with zero attached hydrogens (tertiary/aromatic N) is 6. The summed E-state index contributed by atoms with van der Waals surface area (Å²) in [6.45, 7) is 3.29. The fraction of sp³-hybridized carbons (Fsp3) is 0.286. The van der Waals surface area contributed by atoms with Crippen LogP contribution in [0, 0.1) is 6.92 Å². The fourth-order valence-electron chi connectivity index (χ4n) is 4.22. The molecule has 1 fully saturated rings. The van der Waals surface area contributed by atoms with Crippen LogP contribution in [0.5, 0.6) is 0 Å². The Hall–Kier alpha value is -3.15. The molecule has 0 atom stereocenters. The first-order valence-electron chi connectivity index (χ1n) is 10.3. The van der Waals surface area contributed by atoms with Gasteiger partial charge in [0.15, 0.2) is 5.65 Å². The molecule has 4 aromatic rings. The van der Waals surface area contributed by atoms with E-state index in [0.717, 1.165) is 16.7 Å². The molecule has 1 saturated heterocycles. The number of halogens is 1. The SMILES string of the molecule is Cc1nn2c(nc(N3CCN(S(=O)(=O)c4cc(C(N)=O)n(C)c4)CC3)c3ccccc32)c1Cl. The van der Waals surface area contributed by atoms with Crippen LogP contribution in [-0.2, 0) is 17.1 Å². The molecule has 0 spiro atoms. The van der Waals surface area contributed by atoms with Crippen LogP contribution in [0.3, 0.4) is 0 Å². The average Bonchev–Trinajstić information content (AvgIpc) is 3.34. The van der Waals surface area contributed by atoms with Crippen LogP contribution in [0.1, 0.15) is 16.2 Å². The van der Waals surface area contributed by atoms with Crippen molar-refractivity contribution < 1.29 is 13.2 Å². The van der Waals surface area contributed by atoms with Gasteiger partial charge in [-0.3, -0.25) is 4.79 Å². The highest BCUT2D eigenvalue weighted by Gasteiger charge is 2.31. The van der Waals surface area contributed by atoms with Crippen LogP contribution in [-0.4, -0.2) is 64.0 Å². The summed E-state index contributed by atoms with van der Waals surface area (Å²) in [7, 11) is -2.17. The maximum absolute atomic E-state index is 13.2. The number of amides is 1. The van der Waals surface area contributed by atoms with E-state index in [1.165, 1.54) is 21.1 Å². The van der Waals surface area contributed by atoms with Gasteiger partial charge in [0.05, 0.1) is 11.2 Å². The maximum atomic E-state index is 13.2. The zero-order valence-corrected chi connectivity index (χ0v) is 19.6. The largest absolute Gasteiger partial charge is 0.364 e. The molecule has 5 rings (SSSR count). The predicted octanol–water partition coefficient (Wildman–Crippen LogP) is 1.79. The molecule has 1 aromatic carbocycles. The van der Waals surface area contributed by atoms with E-state index >= 15 is 0 Å². The maximum Gasteiger partial charge on any atom is 0.265 e. The number of fused-ring (bicyclic) bond motifs is 3. The first-order chi connectivity index (χ1) is 15.7. The lowest BCUT2D eigenvalue weighted by Crippen LogP contribution is -2.49. The number of benzene rings is 1. The highest BCUT2D eigenvalue weighted by molar-refractivity contribution is 7.89. The number of hydrogen-bond acceptors (Lipinski definition) is 6. The molecule has 1 amide bonds. The van der Waals surface area contributed by atoms with Gasteiger partial charge in [0.1, 0.15) is 21.4 Å². The normalized spacial score (nSPS) is 15.5. The lowest BCUT2D eigenvalue weighted by Gasteiger charge is -2.35. The van der Waals surface area contributed by atoms with Crippen LogP contribution in [0.25, 0.3) is 16.6 Å². The molecule has 172 valence electrons. The van der Waals surface area contributed by atoms with Crippen LogP contribution in [0.2, 0.25) is 5.02 Å². The van der Waals surface area contributed by atoms with E-state index < -0.39 is 15.9 Å². The van der Waals surface area contributed by atoms with Crippen molar-refractivity contribution in [2.24, 2.45) is 12.8 Å². The number of carbonyl (C=O) groups excluding carboxylic acids is 1. The van der Waals surface area contributed by atoms with Crippen molar-refractivity contribution in [1.29, 1.82) is 0 Å². The minimum atomic E-state index is -3.76. The smallest absolute Gasteiger partial charge is 0.265 e. The second kappa shape index (κ2) is 7.72. The van der Waals surface area contributed by atoms with E-state index in [4.69, 9.17) is 22.3 Å². The Bertz CT molecular complexity index is 1520. The number of hydrogen-bond donors (Lipinski definition) is 1. The summed E-state index contributed by atoms with van der Waals surface area (Å²) in [5.41, 5.74) is 7.62. The molecule has 3 aromatic heterocycles. The summed E-state index contributed by atoms with van der Waals surface area (Å²) >= 11 is 6.45. The quantitative estimate of drug-likeness (QED) is 0.468. The summed E-state index contributed by atoms with van der Waals surface area (Å²) in [5, 5.41) is 5.92. The summed E-state index contributed by atoms with van der Waals surface area (Å²) in [6, 6.07) is 9.12. The van der Waals surface area contributed by atoms with E-state index in [9.17, 15) is 13.2 Å². The van der Waals surface area contributed by atoms with Gasteiger partial charge >= 0.3 is 0 Å². The van der Waals surface area contributed by atoms with Gasteiger partial charge in [0, 0.05) is 44.8 Å². The molecule has 1 aliphatic rings. The zero-order valence-electron chi connectivity index (χ0n) is 18.1. The predicted molar refractivity (Wildman–Crippen MR) is 125 cm³/mol. The van der Waals surface area contributed by atoms with Gasteiger partial charge in [-0.2, -0.15) is 9.40 Å². The van der Waals surface area contributed by atoms with Crippen LogP contribution in [0.4, 0.5) is 5.82 Å². The number of piperazine rings is 1. The third kappa shape index (κ3) is 3.43. The minimum absolute atomic E-state index is 0.0544. The van der Waals surface area contributed by atoms with Gasteiger partial charge in [-0.15, -0.1) is 0 Å². The van der Waals surface area contributed by atoms with E-state index in [2.05, 4.69) is 10.00 Å². The molecule has 0 bridgehead atoms. The summed E-state index contributed by atoms with van der Waals surface area (Å²) in [5.74, 6) is 0.0681. The summed E-state index contributed by atoms with van der Waals surface area (Å²) in [4.78, 5) is 18.4. The van der Waals surface area contributed by atoms with Crippen molar-refractivity contribution in [3.63, 3.8) is 0 Å². The Morgan fingerprint density at radius 3 is 2.52 bits per heavy atom. The van der Waals surface area contributed by atoms with E-state index in [1.807, 2.05) is 31.2 Å². The molecule has 0 aliphatic carbocycles. The molecular formula is C21H22ClN7O3S. The number of carbonyl (C=O) groups is 1. The van der Waals surface area contributed by atoms with Crippen LogP contribution < -0.4 is 10.6 Å². The fourth-order valence-corrected chi connectivity index (χ4v) is 5.87. The van der Waals surface area contributed by atoms with Crippen LogP contribution in [0.15, 0.2) is 41.4 Å². The molecule has 0 saturated carbocycles. The highest BCUT2D eigenvalue weighted by atomic mass is 35.5. The zero-order chi connectivity index (χ0) is 23.5. The molecule has 12 heteroatoms. The van der Waals surface area contributed by atoms with Gasteiger partial charge in [-0.1, -0.05) is 23.7 Å². The van der Waals surface area contributed by atoms with Crippen molar-refractivity contribution in [3.8, 4) is 0 Å². The van der Waals surface area contributed by atoms with Gasteiger partial charge in [0.2, 0.25) is 10.0 Å². The Balaban J connectivity index is 1.46. The first-order valence-corrected chi connectivity index (χ1v) is 12.1. The molecule has 10 nitrogen and oxygen atoms in total. The molecule has 2 N–H and O–H groups in total. The van der Waals surface area contributed by atoms with Gasteiger partial charge in [-0.25, -0.2) is 17.9 Å². The number of nitrogens with two attached hydrogens (primary N) is 1. The van der Waals surface area contributed by atoms with Crippen molar-refractivity contribution in [2.45, 2.75) is 11.8 Å². The summed E-state index contributed by atoms with van der Waals surface area (Å²) in [6.07, 6.45) is 1.41. The molecule has 1 aliphatic heterocycles. The second-order valence-electron chi connectivity index (χ2n) is 8.01. The number of anilines is 1. The second-order valence-corrected chi connectivity index (χ2v) is 10.3.